The van der Waals surface area contributed by atoms with Gasteiger partial charge >= 0.3 is 0 Å². The number of fused-ring (bicyclic) bond motifs is 10. The predicted octanol–water partition coefficient (Wildman–Crippen LogP) is 11.5. The molecule has 0 amide bonds. The molecule has 6 aromatic carbocycles. The number of nitrogens with one attached hydrogen (secondary N) is 2. The summed E-state index contributed by atoms with van der Waals surface area (Å²) in [6, 6.07) is 48.1. The molecular weight excluding hydrogens is 653 g/mol. The van der Waals surface area contributed by atoms with Crippen molar-refractivity contribution in [2.45, 2.75) is 18.4 Å². The van der Waals surface area contributed by atoms with Gasteiger partial charge in [-0.1, -0.05) is 152 Å². The van der Waals surface area contributed by atoms with Gasteiger partial charge in [0.05, 0.1) is 5.52 Å². The van der Waals surface area contributed by atoms with Crippen LogP contribution in [0, 0.1) is 5.92 Å². The molecule has 2 aliphatic carbocycles. The van der Waals surface area contributed by atoms with E-state index in [0.717, 1.165) is 11.4 Å². The van der Waals surface area contributed by atoms with E-state index in [9.17, 15) is 0 Å². The van der Waals surface area contributed by atoms with E-state index in [1.54, 1.807) is 0 Å². The van der Waals surface area contributed by atoms with E-state index in [-0.39, 0.29) is 18.4 Å². The molecule has 52 heavy (non-hydrogen) atoms. The molecule has 0 saturated carbocycles. The average molecular weight is 687 g/mol. The van der Waals surface area contributed by atoms with Gasteiger partial charge in [-0.05, 0) is 51.2 Å². The summed E-state index contributed by atoms with van der Waals surface area (Å²) in [4.78, 5) is 5.43. The number of amidine groups is 1. The molecule has 4 nitrogen and oxygen atoms in total. The molecule has 8 aromatic rings. The molecule has 4 unspecified atom stereocenters. The Morgan fingerprint density at radius 3 is 2.31 bits per heavy atom. The second-order valence-electron chi connectivity index (χ2n) is 14.0. The first-order chi connectivity index (χ1) is 25.8. The standard InChI is InChI=1S/C47H34N4S/c1-3-14-31(15-4-1)45-48-46(32-16-5-2-6-17-32)50-47(49-45)51-39-26-24-30-13-9-10-19-35(30)41(39)42-40(51)27-25-38-37-21-11-20-36(43(37)52-44(38)42)34-23-22-29-12-7-8-18-33(29)28-34/h1-28,30,35,45,47,49H,(H,48,50). The lowest BCUT2D eigenvalue weighted by Crippen LogP contribution is -2.46. The highest BCUT2D eigenvalue weighted by Crippen LogP contribution is 2.50. The number of thiophene rings is 1. The van der Waals surface area contributed by atoms with E-state index in [0.29, 0.717) is 5.92 Å². The van der Waals surface area contributed by atoms with E-state index in [1.165, 1.54) is 69.8 Å². The topological polar surface area (TPSA) is 41.4 Å². The molecule has 5 heteroatoms. The van der Waals surface area contributed by atoms with Gasteiger partial charge in [-0.3, -0.25) is 5.32 Å². The highest BCUT2D eigenvalue weighted by atomic mass is 32.1. The second kappa shape index (κ2) is 11.8. The smallest absolute Gasteiger partial charge is 0.184 e. The second-order valence-corrected chi connectivity index (χ2v) is 15.0. The Balaban J connectivity index is 1.17. The zero-order valence-corrected chi connectivity index (χ0v) is 29.1. The molecule has 0 radical (unpaired) electrons. The Morgan fingerprint density at radius 2 is 1.42 bits per heavy atom. The van der Waals surface area contributed by atoms with Crippen LogP contribution in [0.5, 0.6) is 0 Å². The highest BCUT2D eigenvalue weighted by Gasteiger charge is 2.35. The fourth-order valence-electron chi connectivity index (χ4n) is 8.59. The van der Waals surface area contributed by atoms with Gasteiger partial charge in [0.2, 0.25) is 0 Å². The van der Waals surface area contributed by atoms with Gasteiger partial charge in [-0.2, -0.15) is 0 Å². The maximum atomic E-state index is 5.43. The number of allylic oxidation sites excluding steroid dienone is 5. The van der Waals surface area contributed by atoms with Crippen molar-refractivity contribution in [3.63, 3.8) is 0 Å². The number of hydrogen-bond donors (Lipinski definition) is 2. The molecule has 3 aliphatic rings. The van der Waals surface area contributed by atoms with E-state index < -0.39 is 0 Å². The number of rotatable bonds is 4. The number of hydrogen-bond acceptors (Lipinski definition) is 4. The van der Waals surface area contributed by atoms with Crippen LogP contribution in [0.25, 0.3) is 59.1 Å². The molecule has 0 saturated heterocycles. The van der Waals surface area contributed by atoms with Crippen LogP contribution >= 0.6 is 11.3 Å². The van der Waals surface area contributed by atoms with Gasteiger partial charge in [-0.25, -0.2) is 4.99 Å². The van der Waals surface area contributed by atoms with Crippen LogP contribution in [-0.2, 0) is 0 Å². The average Bonchev–Trinajstić information content (AvgIpc) is 3.77. The number of benzene rings is 6. The van der Waals surface area contributed by atoms with Crippen LogP contribution in [0.1, 0.15) is 40.8 Å². The summed E-state index contributed by atoms with van der Waals surface area (Å²) in [5.74, 6) is 1.44. The first kappa shape index (κ1) is 29.7. The summed E-state index contributed by atoms with van der Waals surface area (Å²) in [5.41, 5.74) is 8.59. The van der Waals surface area contributed by atoms with E-state index in [4.69, 9.17) is 4.99 Å². The van der Waals surface area contributed by atoms with Crippen LogP contribution in [0.15, 0.2) is 169 Å². The lowest BCUT2D eigenvalue weighted by Gasteiger charge is -2.34. The molecule has 248 valence electrons. The molecule has 1 aliphatic heterocycles. The zero-order chi connectivity index (χ0) is 34.2. The zero-order valence-electron chi connectivity index (χ0n) is 28.3. The molecule has 0 bridgehead atoms. The SMILES string of the molecule is C1=CC2C=Cc3c(c4c5sc6c(-c7ccc8ccccc8c7)cccc6c5ccc4n3C3N=C(c4ccccc4)NC(c4ccccc4)N3)C2C=C1. The minimum atomic E-state index is -0.336. The summed E-state index contributed by atoms with van der Waals surface area (Å²) in [6.45, 7) is 0. The van der Waals surface area contributed by atoms with Crippen molar-refractivity contribution < 1.29 is 0 Å². The fourth-order valence-corrected chi connectivity index (χ4v) is 9.98. The Labute approximate surface area is 305 Å². The molecule has 2 N–H and O–H groups in total. The third kappa shape index (κ3) is 4.60. The van der Waals surface area contributed by atoms with Crippen LogP contribution in [0.3, 0.4) is 0 Å². The molecule has 0 fully saturated rings. The third-order valence-electron chi connectivity index (χ3n) is 11.0. The monoisotopic (exact) mass is 686 g/mol. The van der Waals surface area contributed by atoms with E-state index in [1.807, 2.05) is 11.3 Å². The number of aliphatic imine (C=N–C) groups is 1. The van der Waals surface area contributed by atoms with Crippen molar-refractivity contribution in [2.75, 3.05) is 0 Å². The Hall–Kier alpha value is -6.01. The van der Waals surface area contributed by atoms with Crippen LogP contribution in [-0.4, -0.2) is 10.4 Å². The Kier molecular flexibility index (Phi) is 6.72. The molecule has 2 aromatic heterocycles. The summed E-state index contributed by atoms with van der Waals surface area (Å²) < 4.78 is 5.13. The van der Waals surface area contributed by atoms with Crippen molar-refractivity contribution in [3.8, 4) is 11.1 Å². The molecule has 11 rings (SSSR count). The van der Waals surface area contributed by atoms with Gasteiger partial charge < -0.3 is 9.88 Å². The lowest BCUT2D eigenvalue weighted by molar-refractivity contribution is 0.334. The Morgan fingerprint density at radius 1 is 0.635 bits per heavy atom. The van der Waals surface area contributed by atoms with Crippen molar-refractivity contribution in [3.05, 3.63) is 186 Å². The van der Waals surface area contributed by atoms with Crippen molar-refractivity contribution in [1.82, 2.24) is 15.2 Å². The predicted molar refractivity (Wildman–Crippen MR) is 219 cm³/mol. The van der Waals surface area contributed by atoms with E-state index >= 15 is 0 Å². The Bertz CT molecular complexity index is 2820. The molecule has 0 spiro atoms. The summed E-state index contributed by atoms with van der Waals surface area (Å²) >= 11 is 1.94. The first-order valence-electron chi connectivity index (χ1n) is 18.0. The van der Waals surface area contributed by atoms with Gasteiger partial charge in [0.25, 0.3) is 0 Å². The summed E-state index contributed by atoms with van der Waals surface area (Å²) in [5, 5.41) is 14.1. The van der Waals surface area contributed by atoms with Gasteiger partial charge in [0, 0.05) is 48.7 Å². The van der Waals surface area contributed by atoms with Gasteiger partial charge in [0.1, 0.15) is 12.0 Å². The first-order valence-corrected chi connectivity index (χ1v) is 18.9. The van der Waals surface area contributed by atoms with Gasteiger partial charge in [0.15, 0.2) is 6.29 Å². The van der Waals surface area contributed by atoms with Crippen LogP contribution < -0.4 is 10.6 Å². The minimum Gasteiger partial charge on any atom is -0.350 e. The molecule has 3 heterocycles. The summed E-state index contributed by atoms with van der Waals surface area (Å²) in [7, 11) is 0. The van der Waals surface area contributed by atoms with Gasteiger partial charge in [-0.15, -0.1) is 11.3 Å². The van der Waals surface area contributed by atoms with E-state index in [2.05, 4.69) is 185 Å². The number of aromatic nitrogens is 1. The van der Waals surface area contributed by atoms with Crippen molar-refractivity contribution >= 4 is 65.1 Å². The minimum absolute atomic E-state index is 0.123. The largest absolute Gasteiger partial charge is 0.350 e. The number of nitrogens with zero attached hydrogens (tertiary/aromatic N) is 2. The van der Waals surface area contributed by atoms with Crippen molar-refractivity contribution in [2.24, 2.45) is 10.9 Å². The third-order valence-corrected chi connectivity index (χ3v) is 12.3. The fraction of sp³-hybridized carbons (Fsp3) is 0.0851. The van der Waals surface area contributed by atoms with Crippen LogP contribution in [0.2, 0.25) is 0 Å². The van der Waals surface area contributed by atoms with Crippen molar-refractivity contribution in [1.29, 1.82) is 0 Å². The highest BCUT2D eigenvalue weighted by molar-refractivity contribution is 7.27. The normalized spacial score (nSPS) is 20.7. The quantitative estimate of drug-likeness (QED) is 0.193. The summed E-state index contributed by atoms with van der Waals surface area (Å²) in [6.07, 6.45) is 13.4. The maximum Gasteiger partial charge on any atom is 0.184 e. The van der Waals surface area contributed by atoms with Crippen LogP contribution in [0.4, 0.5) is 0 Å². The molecular formula is C47H34N4S. The maximum absolute atomic E-state index is 5.43. The molecule has 4 atom stereocenters. The lowest BCUT2D eigenvalue weighted by atomic mass is 9.78.